The zero-order valence-electron chi connectivity index (χ0n) is 14.3. The Kier molecular flexibility index (Phi) is 4.03. The Labute approximate surface area is 149 Å². The zero-order chi connectivity index (χ0) is 18.3. The molecule has 0 aliphatic carbocycles. The van der Waals surface area contributed by atoms with Gasteiger partial charge >= 0.3 is 0 Å². The molecule has 0 amide bonds. The van der Waals surface area contributed by atoms with E-state index in [0.717, 1.165) is 10.9 Å². The van der Waals surface area contributed by atoms with Crippen LogP contribution in [-0.4, -0.2) is 19.8 Å². The third-order valence-corrected chi connectivity index (χ3v) is 4.79. The molecule has 5 heteroatoms. The van der Waals surface area contributed by atoms with Crippen molar-refractivity contribution in [2.45, 2.75) is 20.1 Å². The summed E-state index contributed by atoms with van der Waals surface area (Å²) < 4.78 is 1.48. The fraction of sp³-hybridized carbons (Fsp3) is 0.143. The van der Waals surface area contributed by atoms with E-state index < -0.39 is 0 Å². The molecule has 0 fully saturated rings. The minimum absolute atomic E-state index is 0.225. The summed E-state index contributed by atoms with van der Waals surface area (Å²) in [7, 11) is 0. The van der Waals surface area contributed by atoms with Crippen molar-refractivity contribution in [3.05, 3.63) is 81.9 Å². The molecule has 4 aromatic rings. The summed E-state index contributed by atoms with van der Waals surface area (Å²) in [6, 6.07) is 14.9. The highest BCUT2D eigenvalue weighted by Gasteiger charge is 2.19. The minimum atomic E-state index is -0.363. The summed E-state index contributed by atoms with van der Waals surface area (Å²) in [5.74, 6) is 0. The van der Waals surface area contributed by atoms with Gasteiger partial charge in [-0.15, -0.1) is 0 Å². The Bertz CT molecular complexity index is 1190. The number of para-hydroxylation sites is 1. The van der Waals surface area contributed by atoms with Gasteiger partial charge in [-0.25, -0.2) is 0 Å². The number of aliphatic hydroxyl groups is 2. The predicted molar refractivity (Wildman–Crippen MR) is 101 cm³/mol. The molecule has 2 aromatic heterocycles. The first-order valence-corrected chi connectivity index (χ1v) is 8.39. The third kappa shape index (κ3) is 2.33. The Morgan fingerprint density at radius 1 is 1.00 bits per heavy atom. The quantitative estimate of drug-likeness (QED) is 0.598. The topological polar surface area (TPSA) is 75.3 Å². The molecule has 0 aliphatic heterocycles. The van der Waals surface area contributed by atoms with Crippen LogP contribution < -0.4 is 5.56 Å². The van der Waals surface area contributed by atoms with Gasteiger partial charge in [-0.1, -0.05) is 36.4 Å². The van der Waals surface area contributed by atoms with E-state index in [0.29, 0.717) is 33.2 Å². The number of pyridine rings is 2. The monoisotopic (exact) mass is 346 g/mol. The van der Waals surface area contributed by atoms with E-state index in [1.807, 2.05) is 43.3 Å². The van der Waals surface area contributed by atoms with Gasteiger partial charge < -0.3 is 10.2 Å². The van der Waals surface area contributed by atoms with Crippen LogP contribution in [0, 0.1) is 6.92 Å². The first-order valence-electron chi connectivity index (χ1n) is 8.39. The van der Waals surface area contributed by atoms with Crippen LogP contribution in [-0.2, 0) is 13.2 Å². The number of aromatic nitrogens is 2. The highest BCUT2D eigenvalue weighted by molar-refractivity contribution is 5.91. The van der Waals surface area contributed by atoms with Gasteiger partial charge in [0.2, 0.25) is 0 Å². The largest absolute Gasteiger partial charge is 0.392 e. The van der Waals surface area contributed by atoms with Crippen molar-refractivity contribution in [2.24, 2.45) is 0 Å². The summed E-state index contributed by atoms with van der Waals surface area (Å²) in [5, 5.41) is 22.1. The second kappa shape index (κ2) is 6.37. The molecule has 0 aliphatic rings. The van der Waals surface area contributed by atoms with Crippen molar-refractivity contribution in [3.8, 4) is 5.69 Å². The summed E-state index contributed by atoms with van der Waals surface area (Å²) in [6.07, 6.45) is 1.68. The number of rotatable bonds is 3. The molecular weight excluding hydrogens is 328 g/mol. The average molecular weight is 346 g/mol. The molecular formula is C21H18N2O3. The van der Waals surface area contributed by atoms with Gasteiger partial charge in [0.1, 0.15) is 0 Å². The number of fused-ring (bicyclic) bond motifs is 2. The molecule has 2 aromatic carbocycles. The van der Waals surface area contributed by atoms with Crippen LogP contribution in [0.5, 0.6) is 0 Å². The van der Waals surface area contributed by atoms with E-state index in [9.17, 15) is 15.0 Å². The van der Waals surface area contributed by atoms with E-state index in [1.54, 1.807) is 18.3 Å². The van der Waals surface area contributed by atoms with Crippen molar-refractivity contribution in [1.29, 1.82) is 0 Å². The minimum Gasteiger partial charge on any atom is -0.392 e. The SMILES string of the molecule is Cc1cccc2c(CO)c(CO)n(-c3cccc4cccnc34)c(=O)c12. The van der Waals surface area contributed by atoms with Crippen LogP contribution >= 0.6 is 0 Å². The molecule has 2 N–H and O–H groups in total. The van der Waals surface area contributed by atoms with Crippen LogP contribution in [0.1, 0.15) is 16.8 Å². The van der Waals surface area contributed by atoms with E-state index in [-0.39, 0.29) is 18.8 Å². The average Bonchev–Trinajstić information content (AvgIpc) is 2.67. The van der Waals surface area contributed by atoms with Crippen LogP contribution in [0.4, 0.5) is 0 Å². The molecule has 0 atom stereocenters. The first kappa shape index (κ1) is 16.4. The lowest BCUT2D eigenvalue weighted by molar-refractivity contribution is 0.254. The Balaban J connectivity index is 2.24. The third-order valence-electron chi connectivity index (χ3n) is 4.79. The lowest BCUT2D eigenvalue weighted by Gasteiger charge is -2.19. The molecule has 0 saturated heterocycles. The lowest BCUT2D eigenvalue weighted by atomic mass is 10.00. The van der Waals surface area contributed by atoms with E-state index >= 15 is 0 Å². The summed E-state index contributed by atoms with van der Waals surface area (Å²) in [6.45, 7) is 1.24. The molecule has 0 bridgehead atoms. The maximum atomic E-state index is 13.4. The van der Waals surface area contributed by atoms with Crippen LogP contribution in [0.3, 0.4) is 0 Å². The maximum Gasteiger partial charge on any atom is 0.263 e. The molecule has 26 heavy (non-hydrogen) atoms. The molecule has 0 saturated carbocycles. The fourth-order valence-corrected chi connectivity index (χ4v) is 3.59. The van der Waals surface area contributed by atoms with Crippen LogP contribution in [0.2, 0.25) is 0 Å². The molecule has 2 heterocycles. The summed E-state index contributed by atoms with van der Waals surface area (Å²) in [5.41, 5.74) is 2.80. The lowest BCUT2D eigenvalue weighted by Crippen LogP contribution is -2.25. The number of hydrogen-bond donors (Lipinski definition) is 2. The van der Waals surface area contributed by atoms with E-state index in [1.165, 1.54) is 4.57 Å². The standard InChI is InChI=1S/C21H18N2O3/c1-13-5-2-8-15-16(11-24)18(12-25)23(21(26)19(13)15)17-9-3-6-14-7-4-10-22-20(14)17/h2-10,24-25H,11-12H2,1H3. The van der Waals surface area contributed by atoms with E-state index in [4.69, 9.17) is 0 Å². The summed E-state index contributed by atoms with van der Waals surface area (Å²) >= 11 is 0. The van der Waals surface area contributed by atoms with Crippen LogP contribution in [0.15, 0.2) is 59.5 Å². The molecule has 130 valence electrons. The predicted octanol–water partition coefficient (Wildman–Crippen LogP) is 2.83. The first-order chi connectivity index (χ1) is 12.7. The van der Waals surface area contributed by atoms with Gasteiger partial charge in [0.05, 0.1) is 35.5 Å². The molecule has 0 spiro atoms. The zero-order valence-corrected chi connectivity index (χ0v) is 14.3. The Morgan fingerprint density at radius 3 is 2.54 bits per heavy atom. The van der Waals surface area contributed by atoms with Crippen molar-refractivity contribution in [3.63, 3.8) is 0 Å². The van der Waals surface area contributed by atoms with Gasteiger partial charge in [0.25, 0.3) is 5.56 Å². The molecule has 4 rings (SSSR count). The highest BCUT2D eigenvalue weighted by Crippen LogP contribution is 2.27. The molecule has 0 radical (unpaired) electrons. The second-order valence-corrected chi connectivity index (χ2v) is 6.23. The second-order valence-electron chi connectivity index (χ2n) is 6.23. The van der Waals surface area contributed by atoms with Crippen molar-refractivity contribution in [2.75, 3.05) is 0 Å². The van der Waals surface area contributed by atoms with Gasteiger partial charge in [0.15, 0.2) is 0 Å². The fourth-order valence-electron chi connectivity index (χ4n) is 3.59. The Hall–Kier alpha value is -3.02. The van der Waals surface area contributed by atoms with E-state index in [2.05, 4.69) is 4.98 Å². The van der Waals surface area contributed by atoms with Crippen molar-refractivity contribution < 1.29 is 10.2 Å². The van der Waals surface area contributed by atoms with Crippen molar-refractivity contribution in [1.82, 2.24) is 9.55 Å². The normalized spacial score (nSPS) is 11.3. The van der Waals surface area contributed by atoms with Gasteiger partial charge in [-0.2, -0.15) is 0 Å². The van der Waals surface area contributed by atoms with Crippen LogP contribution in [0.25, 0.3) is 27.4 Å². The maximum absolute atomic E-state index is 13.4. The number of aryl methyl sites for hydroxylation is 1. The number of hydrogen-bond acceptors (Lipinski definition) is 4. The van der Waals surface area contributed by atoms with Gasteiger partial charge in [0, 0.05) is 17.1 Å². The summed E-state index contributed by atoms with van der Waals surface area (Å²) in [4.78, 5) is 17.8. The van der Waals surface area contributed by atoms with Gasteiger partial charge in [-0.3, -0.25) is 14.3 Å². The smallest absolute Gasteiger partial charge is 0.263 e. The number of nitrogens with zero attached hydrogens (tertiary/aromatic N) is 2. The highest BCUT2D eigenvalue weighted by atomic mass is 16.3. The molecule has 0 unspecified atom stereocenters. The number of benzene rings is 2. The van der Waals surface area contributed by atoms with Crippen molar-refractivity contribution >= 4 is 21.7 Å². The Morgan fingerprint density at radius 2 is 1.77 bits per heavy atom. The van der Waals surface area contributed by atoms with Gasteiger partial charge in [-0.05, 0) is 30.0 Å². The molecule has 5 nitrogen and oxygen atoms in total. The number of aliphatic hydroxyl groups excluding tert-OH is 2.